The van der Waals surface area contributed by atoms with Gasteiger partial charge in [0.05, 0.1) is 16.8 Å². The fourth-order valence-corrected chi connectivity index (χ4v) is 2.96. The molecule has 0 bridgehead atoms. The van der Waals surface area contributed by atoms with Crippen molar-refractivity contribution in [3.8, 4) is 11.6 Å². The summed E-state index contributed by atoms with van der Waals surface area (Å²) in [6, 6.07) is 6.96. The van der Waals surface area contributed by atoms with Crippen LogP contribution in [0.3, 0.4) is 0 Å². The van der Waals surface area contributed by atoms with Crippen LogP contribution in [0.1, 0.15) is 25.3 Å². The molecular formula is C20H16ClF3N2O3. The Kier molecular flexibility index (Phi) is 5.93. The van der Waals surface area contributed by atoms with E-state index in [0.717, 1.165) is 6.07 Å². The lowest BCUT2D eigenvalue weighted by Crippen LogP contribution is -2.18. The Bertz CT molecular complexity index is 985. The zero-order valence-corrected chi connectivity index (χ0v) is 16.0. The molecule has 0 spiro atoms. The van der Waals surface area contributed by atoms with Gasteiger partial charge in [0.25, 0.3) is 0 Å². The number of carbonyl (C=O) groups is 1. The van der Waals surface area contributed by atoms with Crippen LogP contribution >= 0.6 is 11.6 Å². The van der Waals surface area contributed by atoms with E-state index in [1.807, 2.05) is 6.92 Å². The molecule has 0 amide bonds. The van der Waals surface area contributed by atoms with Crippen molar-refractivity contribution in [1.82, 2.24) is 4.98 Å². The van der Waals surface area contributed by atoms with Gasteiger partial charge in [-0.15, -0.1) is 0 Å². The summed E-state index contributed by atoms with van der Waals surface area (Å²) in [6.45, 7) is 1.89. The number of aliphatic hydroxyl groups is 1. The van der Waals surface area contributed by atoms with Crippen LogP contribution in [0, 0.1) is 5.92 Å². The summed E-state index contributed by atoms with van der Waals surface area (Å²) in [5, 5.41) is 9.68. The van der Waals surface area contributed by atoms with E-state index in [0.29, 0.717) is 30.5 Å². The number of halogens is 4. The van der Waals surface area contributed by atoms with Gasteiger partial charge in [0.2, 0.25) is 5.88 Å². The number of hydrogen-bond donors (Lipinski definition) is 1. The monoisotopic (exact) mass is 424 g/mol. The van der Waals surface area contributed by atoms with Gasteiger partial charge in [0.15, 0.2) is 5.78 Å². The van der Waals surface area contributed by atoms with Crippen LogP contribution in [0.5, 0.6) is 11.6 Å². The first-order valence-corrected chi connectivity index (χ1v) is 9.01. The third kappa shape index (κ3) is 5.14. The number of Topliss-reactive ketones (excluding diaryl/α,β-unsaturated/α-hetero) is 1. The largest absolute Gasteiger partial charge is 0.511 e. The average Bonchev–Trinajstić information content (AvgIpc) is 2.63. The Morgan fingerprint density at radius 2 is 1.97 bits per heavy atom. The molecule has 29 heavy (non-hydrogen) atoms. The first kappa shape index (κ1) is 20.9. The number of rotatable bonds is 4. The topological polar surface area (TPSA) is 71.8 Å². The summed E-state index contributed by atoms with van der Waals surface area (Å²) in [5.41, 5.74) is -0.275. The fourth-order valence-electron chi connectivity index (χ4n) is 2.75. The normalized spacial score (nSPS) is 17.8. The molecule has 1 N–H and O–H groups in total. The van der Waals surface area contributed by atoms with Crippen LogP contribution in [0.25, 0.3) is 0 Å². The van der Waals surface area contributed by atoms with Gasteiger partial charge in [0.1, 0.15) is 16.5 Å². The van der Waals surface area contributed by atoms with Crippen molar-refractivity contribution in [1.29, 1.82) is 0 Å². The number of alkyl halides is 3. The molecule has 1 aromatic carbocycles. The summed E-state index contributed by atoms with van der Waals surface area (Å²) in [4.78, 5) is 19.8. The zero-order chi connectivity index (χ0) is 21.2. The molecule has 3 rings (SSSR count). The van der Waals surface area contributed by atoms with E-state index in [9.17, 15) is 23.1 Å². The molecule has 1 aliphatic rings. The molecule has 1 aliphatic carbocycles. The van der Waals surface area contributed by atoms with E-state index < -0.39 is 11.7 Å². The van der Waals surface area contributed by atoms with Gasteiger partial charge in [-0.25, -0.2) is 4.98 Å². The van der Waals surface area contributed by atoms with Crippen molar-refractivity contribution in [2.24, 2.45) is 10.9 Å². The summed E-state index contributed by atoms with van der Waals surface area (Å²) < 4.78 is 43.4. The molecule has 9 heteroatoms. The van der Waals surface area contributed by atoms with Crippen LogP contribution in [0.15, 0.2) is 52.9 Å². The van der Waals surface area contributed by atoms with E-state index >= 15 is 0 Å². The number of allylic oxidation sites excluding steroid dienone is 2. The third-order valence-corrected chi connectivity index (χ3v) is 4.49. The lowest BCUT2D eigenvalue weighted by atomic mass is 9.89. The quantitative estimate of drug-likeness (QED) is 0.605. The third-order valence-electron chi connectivity index (χ3n) is 4.22. The summed E-state index contributed by atoms with van der Waals surface area (Å²) >= 11 is 5.82. The van der Waals surface area contributed by atoms with E-state index in [4.69, 9.17) is 16.3 Å². The fraction of sp³-hybridized carbons (Fsp3) is 0.250. The van der Waals surface area contributed by atoms with E-state index in [1.54, 1.807) is 12.1 Å². The molecule has 0 radical (unpaired) electrons. The molecule has 0 fully saturated rings. The van der Waals surface area contributed by atoms with E-state index in [-0.39, 0.29) is 33.9 Å². The highest BCUT2D eigenvalue weighted by molar-refractivity contribution is 6.31. The van der Waals surface area contributed by atoms with Crippen LogP contribution in [-0.2, 0) is 11.0 Å². The molecule has 0 saturated carbocycles. The van der Waals surface area contributed by atoms with Gasteiger partial charge in [0, 0.05) is 25.3 Å². The second kappa shape index (κ2) is 8.24. The minimum Gasteiger partial charge on any atom is -0.511 e. The number of aromatic nitrogens is 1. The molecule has 152 valence electrons. The predicted molar refractivity (Wildman–Crippen MR) is 102 cm³/mol. The lowest BCUT2D eigenvalue weighted by Gasteiger charge is -2.17. The highest BCUT2D eigenvalue weighted by Gasteiger charge is 2.31. The standard InChI is InChI=1S/C20H16ClF3N2O3/c1-11-6-17(27)15(18(28)7-11)10-25-13-2-4-14(5-3-13)29-19-16(21)8-12(9-26-19)20(22,23)24/h2-5,8-11,27H,6-7H2,1H3. The molecule has 0 aliphatic heterocycles. The predicted octanol–water partition coefficient (Wildman–Crippen LogP) is 6.06. The van der Waals surface area contributed by atoms with Crippen molar-refractivity contribution in [2.45, 2.75) is 25.9 Å². The molecule has 1 unspecified atom stereocenters. The molecule has 1 aromatic heterocycles. The Hall–Kier alpha value is -2.87. The van der Waals surface area contributed by atoms with Gasteiger partial charge in [-0.2, -0.15) is 13.2 Å². The van der Waals surface area contributed by atoms with Crippen molar-refractivity contribution < 1.29 is 27.8 Å². The number of nitrogens with zero attached hydrogens (tertiary/aromatic N) is 2. The number of hydrogen-bond acceptors (Lipinski definition) is 5. The highest BCUT2D eigenvalue weighted by atomic mass is 35.5. The number of aliphatic hydroxyl groups excluding tert-OH is 1. The number of ketones is 1. The van der Waals surface area contributed by atoms with Crippen LogP contribution in [-0.4, -0.2) is 22.1 Å². The van der Waals surface area contributed by atoms with Gasteiger partial charge >= 0.3 is 6.18 Å². The second-order valence-electron chi connectivity index (χ2n) is 6.66. The highest BCUT2D eigenvalue weighted by Crippen LogP contribution is 2.35. The summed E-state index contributed by atoms with van der Waals surface area (Å²) in [5.74, 6) is 0.103. The Labute approximate surface area is 169 Å². The van der Waals surface area contributed by atoms with Gasteiger partial charge in [-0.3, -0.25) is 9.79 Å². The SMILES string of the molecule is CC1CC(=O)C(C=Nc2ccc(Oc3ncc(C(F)(F)F)cc3Cl)cc2)=C(O)C1. The minimum absolute atomic E-state index is 0.0282. The first-order chi connectivity index (χ1) is 13.6. The van der Waals surface area contributed by atoms with Gasteiger partial charge in [-0.1, -0.05) is 18.5 Å². The Morgan fingerprint density at radius 1 is 1.28 bits per heavy atom. The minimum atomic E-state index is -4.55. The van der Waals surface area contributed by atoms with Gasteiger partial charge in [-0.05, 0) is 36.2 Å². The molecule has 5 nitrogen and oxygen atoms in total. The molecular weight excluding hydrogens is 409 g/mol. The first-order valence-electron chi connectivity index (χ1n) is 8.63. The maximum absolute atomic E-state index is 12.7. The molecule has 1 atom stereocenters. The average molecular weight is 425 g/mol. The summed E-state index contributed by atoms with van der Waals surface area (Å²) in [7, 11) is 0. The van der Waals surface area contributed by atoms with E-state index in [2.05, 4.69) is 9.98 Å². The van der Waals surface area contributed by atoms with Crippen molar-refractivity contribution in [3.05, 3.63) is 58.4 Å². The second-order valence-corrected chi connectivity index (χ2v) is 7.07. The number of pyridine rings is 1. The number of carbonyl (C=O) groups excluding carboxylic acids is 1. The van der Waals surface area contributed by atoms with Crippen LogP contribution in [0.2, 0.25) is 5.02 Å². The Balaban J connectivity index is 1.71. The van der Waals surface area contributed by atoms with E-state index in [1.165, 1.54) is 18.3 Å². The van der Waals surface area contributed by atoms with Crippen molar-refractivity contribution in [2.75, 3.05) is 0 Å². The number of ether oxygens (including phenoxy) is 1. The lowest BCUT2D eigenvalue weighted by molar-refractivity contribution is -0.137. The zero-order valence-electron chi connectivity index (χ0n) is 15.2. The van der Waals surface area contributed by atoms with Crippen LogP contribution in [0.4, 0.5) is 18.9 Å². The van der Waals surface area contributed by atoms with Crippen LogP contribution < -0.4 is 4.74 Å². The maximum atomic E-state index is 12.7. The van der Waals surface area contributed by atoms with Crippen molar-refractivity contribution in [3.63, 3.8) is 0 Å². The number of aliphatic imine (C=N–C) groups is 1. The van der Waals surface area contributed by atoms with Crippen molar-refractivity contribution >= 4 is 29.3 Å². The molecule has 2 aromatic rings. The molecule has 1 heterocycles. The van der Waals surface area contributed by atoms with Gasteiger partial charge < -0.3 is 9.84 Å². The number of benzene rings is 1. The summed E-state index contributed by atoms with van der Waals surface area (Å²) in [6.07, 6.45) is -1.79. The maximum Gasteiger partial charge on any atom is 0.417 e. The smallest absolute Gasteiger partial charge is 0.417 e. The molecule has 0 saturated heterocycles. The Morgan fingerprint density at radius 3 is 2.55 bits per heavy atom.